The summed E-state index contributed by atoms with van der Waals surface area (Å²) in [4.78, 5) is 0. The number of aliphatic hydroxyl groups is 1. The fourth-order valence-electron chi connectivity index (χ4n) is 2.62. The minimum atomic E-state index is -0.356. The van der Waals surface area contributed by atoms with Crippen LogP contribution in [-0.4, -0.2) is 17.3 Å². The van der Waals surface area contributed by atoms with E-state index in [1.807, 2.05) is 6.92 Å². The Morgan fingerprint density at radius 1 is 1.00 bits per heavy atom. The molecule has 2 aromatic carbocycles. The van der Waals surface area contributed by atoms with Crippen molar-refractivity contribution >= 4 is 5.69 Å². The largest absolute Gasteiger partial charge is 0.391 e. The predicted molar refractivity (Wildman–Crippen MR) is 79.4 cm³/mol. The van der Waals surface area contributed by atoms with Crippen LogP contribution in [0.4, 0.5) is 5.69 Å². The summed E-state index contributed by atoms with van der Waals surface area (Å²) in [5.74, 6) is 0. The van der Waals surface area contributed by atoms with E-state index >= 15 is 0 Å². The number of benzene rings is 2. The van der Waals surface area contributed by atoms with Gasteiger partial charge in [-0.15, -0.1) is 0 Å². The van der Waals surface area contributed by atoms with Gasteiger partial charge in [0.15, 0.2) is 0 Å². The molecule has 0 fully saturated rings. The molecule has 0 amide bonds. The van der Waals surface area contributed by atoms with E-state index < -0.39 is 0 Å². The maximum atomic E-state index is 9.56. The van der Waals surface area contributed by atoms with E-state index in [4.69, 9.17) is 0 Å². The Balaban J connectivity index is 1.89. The number of nitrogens with one attached hydrogen (secondary N) is 1. The molecule has 0 saturated heterocycles. The second-order valence-corrected chi connectivity index (χ2v) is 5.38. The van der Waals surface area contributed by atoms with Crippen molar-refractivity contribution in [3.63, 3.8) is 0 Å². The van der Waals surface area contributed by atoms with Crippen LogP contribution in [0.15, 0.2) is 42.5 Å². The van der Waals surface area contributed by atoms with Crippen molar-refractivity contribution < 1.29 is 5.11 Å². The summed E-state index contributed by atoms with van der Waals surface area (Å²) in [6.45, 7) is 3.80. The molecule has 19 heavy (non-hydrogen) atoms. The molecule has 98 valence electrons. The molecule has 2 heteroatoms. The van der Waals surface area contributed by atoms with E-state index in [0.717, 1.165) is 12.1 Å². The third-order valence-corrected chi connectivity index (χ3v) is 3.91. The van der Waals surface area contributed by atoms with Gasteiger partial charge in [0.25, 0.3) is 0 Å². The van der Waals surface area contributed by atoms with Crippen molar-refractivity contribution in [1.82, 2.24) is 0 Å². The smallest absolute Gasteiger partial charge is 0.0710 e. The van der Waals surface area contributed by atoms with Gasteiger partial charge in [0.05, 0.1) is 6.10 Å². The molecule has 0 spiro atoms. The Labute approximate surface area is 114 Å². The summed E-state index contributed by atoms with van der Waals surface area (Å²) in [7, 11) is 0. The van der Waals surface area contributed by atoms with Crippen molar-refractivity contribution in [3.8, 4) is 11.1 Å². The molecule has 2 nitrogen and oxygen atoms in total. The van der Waals surface area contributed by atoms with Crippen LogP contribution in [0.1, 0.15) is 25.0 Å². The molecule has 1 aliphatic carbocycles. The van der Waals surface area contributed by atoms with Crippen LogP contribution in [-0.2, 0) is 6.42 Å². The van der Waals surface area contributed by atoms with Crippen LogP contribution in [0.5, 0.6) is 0 Å². The first-order valence-corrected chi connectivity index (χ1v) is 6.81. The predicted octanol–water partition coefficient (Wildman–Crippen LogP) is 3.44. The summed E-state index contributed by atoms with van der Waals surface area (Å²) >= 11 is 0. The Morgan fingerprint density at radius 2 is 1.74 bits per heavy atom. The van der Waals surface area contributed by atoms with E-state index in [1.54, 1.807) is 6.92 Å². The van der Waals surface area contributed by atoms with E-state index in [9.17, 15) is 5.11 Å². The van der Waals surface area contributed by atoms with Crippen LogP contribution in [0.3, 0.4) is 0 Å². The van der Waals surface area contributed by atoms with Gasteiger partial charge in [-0.2, -0.15) is 0 Å². The number of hydrogen-bond acceptors (Lipinski definition) is 2. The van der Waals surface area contributed by atoms with Gasteiger partial charge >= 0.3 is 0 Å². The second kappa shape index (κ2) is 4.71. The van der Waals surface area contributed by atoms with Gasteiger partial charge in [-0.05, 0) is 54.7 Å². The second-order valence-electron chi connectivity index (χ2n) is 5.38. The zero-order valence-corrected chi connectivity index (χ0v) is 11.4. The molecule has 0 aliphatic heterocycles. The first kappa shape index (κ1) is 12.2. The molecule has 2 aromatic rings. The molecule has 2 atom stereocenters. The van der Waals surface area contributed by atoms with Crippen LogP contribution in [0, 0.1) is 0 Å². The van der Waals surface area contributed by atoms with Gasteiger partial charge in [0, 0.05) is 11.7 Å². The van der Waals surface area contributed by atoms with E-state index in [2.05, 4.69) is 47.8 Å². The quantitative estimate of drug-likeness (QED) is 0.749. The molecule has 0 saturated carbocycles. The van der Waals surface area contributed by atoms with Crippen molar-refractivity contribution in [2.75, 3.05) is 5.32 Å². The van der Waals surface area contributed by atoms with Gasteiger partial charge in [0.1, 0.15) is 0 Å². The summed E-state index contributed by atoms with van der Waals surface area (Å²) in [5.41, 5.74) is 6.54. The minimum absolute atomic E-state index is 0.0572. The maximum Gasteiger partial charge on any atom is 0.0710 e. The third kappa shape index (κ3) is 2.24. The first-order chi connectivity index (χ1) is 9.15. The highest BCUT2D eigenvalue weighted by atomic mass is 16.3. The lowest BCUT2D eigenvalue weighted by Crippen LogP contribution is -2.27. The number of fused-ring (bicyclic) bond motifs is 3. The van der Waals surface area contributed by atoms with Gasteiger partial charge in [0.2, 0.25) is 0 Å². The number of anilines is 1. The minimum Gasteiger partial charge on any atom is -0.391 e. The van der Waals surface area contributed by atoms with Crippen molar-refractivity contribution in [2.24, 2.45) is 0 Å². The van der Waals surface area contributed by atoms with Gasteiger partial charge in [-0.3, -0.25) is 0 Å². The third-order valence-electron chi connectivity index (χ3n) is 3.91. The van der Waals surface area contributed by atoms with Gasteiger partial charge in [-0.1, -0.05) is 30.3 Å². The molecule has 0 aromatic heterocycles. The summed E-state index contributed by atoms with van der Waals surface area (Å²) in [6.07, 6.45) is 0.648. The Morgan fingerprint density at radius 3 is 2.53 bits per heavy atom. The lowest BCUT2D eigenvalue weighted by molar-refractivity contribution is 0.178. The molecular weight excluding hydrogens is 234 g/mol. The molecule has 2 unspecified atom stereocenters. The zero-order valence-electron chi connectivity index (χ0n) is 11.4. The topological polar surface area (TPSA) is 32.3 Å². The normalized spacial score (nSPS) is 15.5. The first-order valence-electron chi connectivity index (χ1n) is 6.81. The standard InChI is InChI=1S/C17H19NO/c1-11(12(2)19)18-15-7-8-17-14(10-15)9-13-5-3-4-6-16(13)17/h3-8,10-12,18-19H,9H2,1-2H3. The lowest BCUT2D eigenvalue weighted by Gasteiger charge is -2.18. The van der Waals surface area contributed by atoms with E-state index in [0.29, 0.717) is 0 Å². The number of hydrogen-bond donors (Lipinski definition) is 2. The summed E-state index contributed by atoms with van der Waals surface area (Å²) in [6, 6.07) is 15.1. The summed E-state index contributed by atoms with van der Waals surface area (Å²) < 4.78 is 0. The maximum absolute atomic E-state index is 9.56. The fraction of sp³-hybridized carbons (Fsp3) is 0.294. The molecule has 2 N–H and O–H groups in total. The van der Waals surface area contributed by atoms with E-state index in [-0.39, 0.29) is 12.1 Å². The van der Waals surface area contributed by atoms with Crippen LogP contribution >= 0.6 is 0 Å². The molecular formula is C17H19NO. The average Bonchev–Trinajstić information content (AvgIpc) is 2.76. The summed E-state index contributed by atoms with van der Waals surface area (Å²) in [5, 5.41) is 12.9. The number of rotatable bonds is 3. The van der Waals surface area contributed by atoms with E-state index in [1.165, 1.54) is 22.3 Å². The van der Waals surface area contributed by atoms with Crippen molar-refractivity contribution in [2.45, 2.75) is 32.4 Å². The molecule has 0 radical (unpaired) electrons. The van der Waals surface area contributed by atoms with Crippen molar-refractivity contribution in [1.29, 1.82) is 0 Å². The molecule has 0 heterocycles. The average molecular weight is 253 g/mol. The zero-order chi connectivity index (χ0) is 13.4. The van der Waals surface area contributed by atoms with Crippen molar-refractivity contribution in [3.05, 3.63) is 53.6 Å². The monoisotopic (exact) mass is 253 g/mol. The number of aliphatic hydroxyl groups excluding tert-OH is 1. The van der Waals surface area contributed by atoms with Crippen LogP contribution in [0.2, 0.25) is 0 Å². The Hall–Kier alpha value is -1.80. The van der Waals surface area contributed by atoms with Gasteiger partial charge < -0.3 is 10.4 Å². The van der Waals surface area contributed by atoms with Crippen LogP contribution in [0.25, 0.3) is 11.1 Å². The van der Waals surface area contributed by atoms with Crippen LogP contribution < -0.4 is 5.32 Å². The lowest BCUT2D eigenvalue weighted by atomic mass is 10.1. The Bertz CT molecular complexity index is 604. The fourth-order valence-corrected chi connectivity index (χ4v) is 2.62. The Kier molecular flexibility index (Phi) is 3.03. The molecule has 0 bridgehead atoms. The van der Waals surface area contributed by atoms with Gasteiger partial charge in [-0.25, -0.2) is 0 Å². The highest BCUT2D eigenvalue weighted by molar-refractivity contribution is 5.78. The molecule has 3 rings (SSSR count). The molecule has 1 aliphatic rings. The highest BCUT2D eigenvalue weighted by Crippen LogP contribution is 2.37. The SMILES string of the molecule is CC(O)C(C)Nc1ccc2c(c1)Cc1ccccc1-2. The highest BCUT2D eigenvalue weighted by Gasteiger charge is 2.18.